The molecule has 17 rings (SSSR count). The number of fused-ring (bicyclic) bond motifs is 20. The third kappa shape index (κ3) is 5.88. The summed E-state index contributed by atoms with van der Waals surface area (Å²) < 4.78 is 23.5. The van der Waals surface area contributed by atoms with Crippen molar-refractivity contribution in [1.29, 1.82) is 10.5 Å². The summed E-state index contributed by atoms with van der Waals surface area (Å²) in [7, 11) is 0. The Morgan fingerprint density at radius 3 is 1.21 bits per heavy atom. The van der Waals surface area contributed by atoms with Gasteiger partial charge in [-0.3, -0.25) is 0 Å². The number of para-hydroxylation sites is 4. The molecule has 0 radical (unpaired) electrons. The molecule has 8 heteroatoms. The molecule has 17 aromatic rings. The third-order valence-electron chi connectivity index (χ3n) is 17.2. The van der Waals surface area contributed by atoms with Gasteiger partial charge in [0.25, 0.3) is 0 Å². The number of aryl methyl sites for hydroxylation is 4. The van der Waals surface area contributed by atoms with Crippen molar-refractivity contribution in [2.24, 2.45) is 0 Å². The number of hydrogen-bond donors (Lipinski definition) is 0. The van der Waals surface area contributed by atoms with Crippen molar-refractivity contribution in [2.75, 3.05) is 0 Å². The largest absolute Gasteiger partial charge is 0.455 e. The van der Waals surface area contributed by atoms with E-state index >= 15 is 0 Å². The van der Waals surface area contributed by atoms with Crippen LogP contribution in [0, 0.1) is 50.4 Å². The lowest BCUT2D eigenvalue weighted by Gasteiger charge is -2.26. The first-order valence-electron chi connectivity index (χ1n) is 26.9. The van der Waals surface area contributed by atoms with Crippen molar-refractivity contribution in [2.45, 2.75) is 27.7 Å². The fourth-order valence-electron chi connectivity index (χ4n) is 13.3. The summed E-state index contributed by atoms with van der Waals surface area (Å²) in [4.78, 5) is 0. The van der Waals surface area contributed by atoms with E-state index < -0.39 is 0 Å². The maximum Gasteiger partial charge on any atom is 0.143 e. The minimum Gasteiger partial charge on any atom is -0.455 e. The number of hydrogen-bond acceptors (Lipinski definition) is 6. The average Bonchev–Trinajstić information content (AvgIpc) is 4.26. The van der Waals surface area contributed by atoms with E-state index in [1.807, 2.05) is 48.5 Å². The van der Waals surface area contributed by atoms with Gasteiger partial charge in [-0.25, -0.2) is 0 Å². The van der Waals surface area contributed by atoms with E-state index in [1.54, 1.807) is 22.7 Å². The minimum absolute atomic E-state index is 0.344. The molecule has 0 N–H and O–H groups in total. The first-order chi connectivity index (χ1) is 39.3. The normalized spacial score (nSPS) is 12.2. The predicted molar refractivity (Wildman–Crippen MR) is 335 cm³/mol. The Bertz CT molecular complexity index is 5520. The van der Waals surface area contributed by atoms with Gasteiger partial charge < -0.3 is 18.0 Å². The standard InChI is InChI=1S/C72H42N4O2S2/c1-37-31-53-45-27-29-49-43-17-7-11-25-61(43)79-71(49)67(45)75(57(53)33-39(37)3)65-55(35-73)63(51-21-13-19-47-41-15-5-9-23-59(41)77-69(47)51)56(36-74)66(64(65)52-22-14-20-48-42-16-6-10-24-60(42)78-70(48)52)76-58-34-40(4)38(2)32-54(58)46-28-30-50-44-18-8-12-26-62(44)80-72(50)68(46)76/h5-34H,1-4H3. The number of nitriles is 2. The highest BCUT2D eigenvalue weighted by atomic mass is 32.1. The Labute approximate surface area is 465 Å². The highest BCUT2D eigenvalue weighted by molar-refractivity contribution is 7.27. The molecule has 0 saturated carbocycles. The van der Waals surface area contributed by atoms with Gasteiger partial charge in [0.05, 0.1) is 54.0 Å². The zero-order valence-corrected chi connectivity index (χ0v) is 45.4. The van der Waals surface area contributed by atoms with E-state index in [2.05, 4.69) is 182 Å². The number of benzene rings is 11. The van der Waals surface area contributed by atoms with Crippen molar-refractivity contribution in [3.63, 3.8) is 0 Å². The molecular weight excluding hydrogens is 1020 g/mol. The van der Waals surface area contributed by atoms with Crippen LogP contribution in [0.5, 0.6) is 0 Å². The maximum absolute atomic E-state index is 12.7. The van der Waals surface area contributed by atoms with Crippen molar-refractivity contribution in [1.82, 2.24) is 9.13 Å². The number of rotatable bonds is 4. The van der Waals surface area contributed by atoms with Crippen LogP contribution in [0.1, 0.15) is 33.4 Å². The van der Waals surface area contributed by atoms with Crippen molar-refractivity contribution in [3.8, 4) is 45.8 Å². The molecule has 374 valence electrons. The van der Waals surface area contributed by atoms with E-state index in [4.69, 9.17) is 8.83 Å². The lowest BCUT2D eigenvalue weighted by Crippen LogP contribution is -2.11. The van der Waals surface area contributed by atoms with Crippen LogP contribution in [-0.4, -0.2) is 9.13 Å². The van der Waals surface area contributed by atoms with Gasteiger partial charge >= 0.3 is 0 Å². The molecule has 6 nitrogen and oxygen atoms in total. The molecule has 0 bridgehead atoms. The fraction of sp³-hybridized carbons (Fsp3) is 0.0556. The summed E-state index contributed by atoms with van der Waals surface area (Å²) in [6.45, 7) is 8.70. The fourth-order valence-corrected chi connectivity index (χ4v) is 15.8. The van der Waals surface area contributed by atoms with Gasteiger partial charge in [0.1, 0.15) is 34.5 Å². The van der Waals surface area contributed by atoms with Gasteiger partial charge in [-0.15, -0.1) is 22.7 Å². The van der Waals surface area contributed by atoms with Crippen molar-refractivity contribution in [3.05, 3.63) is 215 Å². The van der Waals surface area contributed by atoms with E-state index in [1.165, 1.54) is 31.3 Å². The number of thiophene rings is 2. The zero-order chi connectivity index (χ0) is 53.4. The lowest BCUT2D eigenvalue weighted by atomic mass is 9.85. The van der Waals surface area contributed by atoms with Gasteiger partial charge in [0.2, 0.25) is 0 Å². The molecule has 0 aliphatic heterocycles. The number of aromatic nitrogens is 2. The van der Waals surface area contributed by atoms with Crippen LogP contribution in [0.2, 0.25) is 0 Å². The van der Waals surface area contributed by atoms with Crippen LogP contribution in [0.25, 0.3) is 161 Å². The summed E-state index contributed by atoms with van der Waals surface area (Å²) in [6.07, 6.45) is 0. The Balaban J connectivity index is 1.21. The Kier molecular flexibility index (Phi) is 9.19. The molecule has 0 aliphatic carbocycles. The number of nitrogens with zero attached hydrogens (tertiary/aromatic N) is 4. The van der Waals surface area contributed by atoms with Crippen LogP contribution in [-0.2, 0) is 0 Å². The van der Waals surface area contributed by atoms with Crippen molar-refractivity contribution >= 4 is 151 Å². The highest BCUT2D eigenvalue weighted by Gasteiger charge is 2.35. The van der Waals surface area contributed by atoms with Gasteiger partial charge in [-0.2, -0.15) is 10.5 Å². The first kappa shape index (κ1) is 45.1. The van der Waals surface area contributed by atoms with E-state index in [-0.39, 0.29) is 0 Å². The second-order valence-electron chi connectivity index (χ2n) is 21.4. The summed E-state index contributed by atoms with van der Waals surface area (Å²) >= 11 is 3.55. The SMILES string of the molecule is Cc1cc2c3ccc4c5ccccc5sc4c3n(-c3c(C#N)c(-c4cccc5c4oc4ccccc45)c(C#N)c(-n4c5cc(C)c(C)cc5c5ccc6c7ccccc7sc6c54)c3-c3cccc4c3oc3ccccc34)c2cc1C. The van der Waals surface area contributed by atoms with Crippen molar-refractivity contribution < 1.29 is 8.83 Å². The van der Waals surface area contributed by atoms with Crippen LogP contribution in [0.4, 0.5) is 0 Å². The average molecular weight is 1060 g/mol. The molecule has 0 spiro atoms. The molecule has 0 amide bonds. The van der Waals surface area contributed by atoms with E-state index in [0.717, 1.165) is 113 Å². The molecule has 0 unspecified atom stereocenters. The van der Waals surface area contributed by atoms with Crippen LogP contribution >= 0.6 is 22.7 Å². The van der Waals surface area contributed by atoms with E-state index in [9.17, 15) is 10.5 Å². The highest BCUT2D eigenvalue weighted by Crippen LogP contribution is 2.54. The second kappa shape index (κ2) is 16.3. The molecule has 6 heterocycles. The molecule has 6 aromatic heterocycles. The third-order valence-corrected chi connectivity index (χ3v) is 19.6. The first-order valence-corrected chi connectivity index (χ1v) is 28.5. The summed E-state index contributed by atoms with van der Waals surface area (Å²) in [5, 5.41) is 38.0. The molecular formula is C72H42N4O2S2. The molecule has 11 aromatic carbocycles. The molecule has 0 saturated heterocycles. The Hall–Kier alpha value is -9.96. The minimum atomic E-state index is 0.344. The molecule has 80 heavy (non-hydrogen) atoms. The van der Waals surface area contributed by atoms with Gasteiger partial charge in [-0.05, 0) is 98.5 Å². The lowest BCUT2D eigenvalue weighted by molar-refractivity contribution is 0.669. The maximum atomic E-state index is 12.7. The van der Waals surface area contributed by atoms with Gasteiger partial charge in [0, 0.05) is 96.3 Å². The summed E-state index contributed by atoms with van der Waals surface area (Å²) in [5.41, 5.74) is 15.8. The topological polar surface area (TPSA) is 83.7 Å². The van der Waals surface area contributed by atoms with E-state index in [0.29, 0.717) is 50.4 Å². The van der Waals surface area contributed by atoms with Gasteiger partial charge in [0.15, 0.2) is 0 Å². The predicted octanol–water partition coefficient (Wildman–Crippen LogP) is 20.7. The summed E-state index contributed by atoms with van der Waals surface area (Å²) in [5.74, 6) is 0. The Morgan fingerprint density at radius 2 is 0.750 bits per heavy atom. The van der Waals surface area contributed by atoms with Gasteiger partial charge in [-0.1, -0.05) is 133 Å². The quantitative estimate of drug-likeness (QED) is 0.176. The smallest absolute Gasteiger partial charge is 0.143 e. The van der Waals surface area contributed by atoms with Crippen LogP contribution in [0.15, 0.2) is 191 Å². The Morgan fingerprint density at radius 1 is 0.362 bits per heavy atom. The van der Waals surface area contributed by atoms with Crippen LogP contribution < -0.4 is 0 Å². The zero-order valence-electron chi connectivity index (χ0n) is 43.7. The molecule has 0 aliphatic rings. The molecule has 0 atom stereocenters. The summed E-state index contributed by atoms with van der Waals surface area (Å²) in [6, 6.07) is 70.1. The second-order valence-corrected chi connectivity index (χ2v) is 23.5. The number of furan rings is 2. The van der Waals surface area contributed by atoms with Crippen LogP contribution in [0.3, 0.4) is 0 Å². The monoisotopic (exact) mass is 1060 g/mol. The molecule has 0 fully saturated rings.